The van der Waals surface area contributed by atoms with E-state index in [4.69, 9.17) is 10.9 Å². The number of carbonyl (C=O) groups is 4. The number of hydrogen-bond acceptors (Lipinski definition) is 11. The number of carboxylic acids is 1. The Labute approximate surface area is 308 Å². The maximum atomic E-state index is 12.9. The molecule has 0 amide bonds. The van der Waals surface area contributed by atoms with Crippen molar-refractivity contribution in [3.05, 3.63) is 46.7 Å². The number of hydrogen-bond donors (Lipinski definition) is 3. The summed E-state index contributed by atoms with van der Waals surface area (Å²) in [5.41, 5.74) is -1.84. The van der Waals surface area contributed by atoms with Crippen LogP contribution in [0.3, 0.4) is 0 Å². The molecule has 0 atom stereocenters. The molecular formula is C30H39ClF9N7O7. The van der Waals surface area contributed by atoms with Crippen molar-refractivity contribution in [1.29, 1.82) is 0 Å². The largest absolute Gasteiger partial charge is 0.478 e. The molecule has 24 heteroatoms. The summed E-state index contributed by atoms with van der Waals surface area (Å²) in [5, 5.41) is 15.7. The molecule has 0 bridgehead atoms. The Hall–Kier alpha value is -4.38. The second-order valence-corrected chi connectivity index (χ2v) is 11.7. The molecule has 2 aromatic heterocycles. The number of carboxylic acid groups (broad SMARTS) is 1. The predicted molar refractivity (Wildman–Crippen MR) is 171 cm³/mol. The predicted octanol–water partition coefficient (Wildman–Crippen LogP) is 5.51. The molecule has 3 aliphatic rings. The number of nitrogens with one attached hydrogen (secondary N) is 1. The molecular weight excluding hydrogens is 777 g/mol. The van der Waals surface area contributed by atoms with Crippen LogP contribution in [-0.4, -0.2) is 92.8 Å². The molecule has 3 fully saturated rings. The van der Waals surface area contributed by atoms with Crippen molar-refractivity contribution >= 4 is 36.1 Å². The fourth-order valence-electron chi connectivity index (χ4n) is 4.07. The van der Waals surface area contributed by atoms with Gasteiger partial charge in [-0.2, -0.15) is 49.7 Å². The molecule has 306 valence electrons. The first-order valence-electron chi connectivity index (χ1n) is 15.8. The highest BCUT2D eigenvalue weighted by molar-refractivity contribution is 6.19. The number of esters is 2. The monoisotopic (exact) mass is 815 g/mol. The summed E-state index contributed by atoms with van der Waals surface area (Å²) >= 11 is 0. The summed E-state index contributed by atoms with van der Waals surface area (Å²) < 4.78 is 123. The standard InChI is InChI=1S/C10H11F3N2O2.C9H12F3NO3.C8H7F3N2O2.C3H8N2.ClH/c1-2-17-9(16)7-5-14-15(6-3-4-6)8(7)10(11,12)13;1-4-16-8(15)6(5-13(2)3)7(14)9(10,11)12;9-8(10,11)6-5(7(14)15)3-12-13(6)4-1-2-4;4-5-3-1-2-3;/h5-6H,2-4H2,1H3;5H,4H2,1-3H3;3-4H,1-2H2,(H,14,15);3,5H,1-2,4H2;1H/b;6-5-;;;. The Morgan fingerprint density at radius 3 is 1.56 bits per heavy atom. The summed E-state index contributed by atoms with van der Waals surface area (Å²) in [6.45, 7) is 2.90. The average Bonchev–Trinajstić information content (AvgIpc) is 3.96. The summed E-state index contributed by atoms with van der Waals surface area (Å²) in [7, 11) is 2.78. The quantitative estimate of drug-likeness (QED) is 0.0521. The number of Topliss-reactive ketones (excluding diaryl/α,β-unsaturated/α-hetero) is 1. The second kappa shape index (κ2) is 19.8. The molecule has 0 saturated heterocycles. The number of aromatic nitrogens is 4. The summed E-state index contributed by atoms with van der Waals surface area (Å²) in [5.74, 6) is -1.09. The van der Waals surface area contributed by atoms with E-state index in [0.29, 0.717) is 31.7 Å². The van der Waals surface area contributed by atoms with Gasteiger partial charge in [0.25, 0.3) is 5.78 Å². The van der Waals surface area contributed by atoms with E-state index >= 15 is 0 Å². The van der Waals surface area contributed by atoms with E-state index in [1.807, 2.05) is 0 Å². The van der Waals surface area contributed by atoms with Crippen molar-refractivity contribution in [3.8, 4) is 0 Å². The van der Waals surface area contributed by atoms with Crippen molar-refractivity contribution in [2.45, 2.75) is 89.0 Å². The molecule has 14 nitrogen and oxygen atoms in total. The molecule has 0 unspecified atom stereocenters. The van der Waals surface area contributed by atoms with E-state index in [0.717, 1.165) is 32.9 Å². The average molecular weight is 816 g/mol. The molecule has 0 radical (unpaired) electrons. The topological polar surface area (TPSA) is 184 Å². The third kappa shape index (κ3) is 14.5. The van der Waals surface area contributed by atoms with E-state index in [2.05, 4.69) is 25.1 Å². The van der Waals surface area contributed by atoms with E-state index in [-0.39, 0.29) is 37.7 Å². The number of aromatic carboxylic acids is 1. The zero-order chi connectivity index (χ0) is 40.5. The fourth-order valence-corrected chi connectivity index (χ4v) is 4.07. The lowest BCUT2D eigenvalue weighted by atomic mass is 10.2. The molecule has 2 heterocycles. The van der Waals surface area contributed by atoms with E-state index < -0.39 is 70.3 Å². The SMILES string of the molecule is CCOC(=O)/C(=C\N(C)C)C(=O)C(F)(F)F.CCOC(=O)c1cnn(C2CC2)c1C(F)(F)F.Cl.NNC1CC1.O=C(O)c1cnn(C2CC2)c1C(F)(F)F. The molecule has 5 rings (SSSR count). The number of hydrazine groups is 1. The van der Waals surface area contributed by atoms with Crippen LogP contribution in [0.4, 0.5) is 39.5 Å². The Balaban J connectivity index is 0.000000376. The Kier molecular flexibility index (Phi) is 17.5. The number of nitrogens with zero attached hydrogens (tertiary/aromatic N) is 5. The van der Waals surface area contributed by atoms with E-state index in [1.54, 1.807) is 0 Å². The number of carbonyl (C=O) groups excluding carboxylic acids is 3. The maximum Gasteiger partial charge on any atom is 0.455 e. The van der Waals surface area contributed by atoms with Gasteiger partial charge in [-0.15, -0.1) is 12.4 Å². The van der Waals surface area contributed by atoms with Gasteiger partial charge in [0.05, 0.1) is 37.7 Å². The second-order valence-electron chi connectivity index (χ2n) is 11.7. The smallest absolute Gasteiger partial charge is 0.455 e. The lowest BCUT2D eigenvalue weighted by Gasteiger charge is -2.11. The maximum absolute atomic E-state index is 12.9. The van der Waals surface area contributed by atoms with Gasteiger partial charge in [0.2, 0.25) is 0 Å². The number of ether oxygens (including phenoxy) is 2. The first-order valence-corrected chi connectivity index (χ1v) is 15.8. The minimum atomic E-state index is -5.09. The molecule has 4 N–H and O–H groups in total. The zero-order valence-corrected chi connectivity index (χ0v) is 30.0. The first kappa shape index (κ1) is 47.6. The van der Waals surface area contributed by atoms with Gasteiger partial charge in [0, 0.05) is 26.3 Å². The van der Waals surface area contributed by atoms with Crippen LogP contribution in [0, 0.1) is 0 Å². The van der Waals surface area contributed by atoms with Crippen molar-refractivity contribution in [2.24, 2.45) is 5.84 Å². The van der Waals surface area contributed by atoms with Gasteiger partial charge in [-0.25, -0.2) is 14.4 Å². The summed E-state index contributed by atoms with van der Waals surface area (Å²) in [6.07, 6.45) is -6.79. The van der Waals surface area contributed by atoms with Gasteiger partial charge in [-0.05, 0) is 52.4 Å². The van der Waals surface area contributed by atoms with Crippen LogP contribution in [0.15, 0.2) is 24.2 Å². The Morgan fingerprint density at radius 2 is 1.26 bits per heavy atom. The third-order valence-electron chi connectivity index (χ3n) is 6.84. The highest BCUT2D eigenvalue weighted by Gasteiger charge is 2.45. The van der Waals surface area contributed by atoms with Crippen LogP contribution < -0.4 is 11.3 Å². The fraction of sp³-hybridized carbons (Fsp3) is 0.600. The number of alkyl halides is 9. The van der Waals surface area contributed by atoms with Crippen molar-refractivity contribution in [3.63, 3.8) is 0 Å². The molecule has 0 aliphatic heterocycles. The zero-order valence-electron chi connectivity index (χ0n) is 29.1. The summed E-state index contributed by atoms with van der Waals surface area (Å²) in [4.78, 5) is 45.2. The van der Waals surface area contributed by atoms with Crippen LogP contribution in [0.2, 0.25) is 0 Å². The Morgan fingerprint density at radius 1 is 0.833 bits per heavy atom. The summed E-state index contributed by atoms with van der Waals surface area (Å²) in [6, 6.07) is 0.125. The van der Waals surface area contributed by atoms with Crippen LogP contribution in [0.1, 0.15) is 96.6 Å². The van der Waals surface area contributed by atoms with Gasteiger partial charge < -0.3 is 19.5 Å². The van der Waals surface area contributed by atoms with Crippen LogP contribution in [0.25, 0.3) is 0 Å². The lowest BCUT2D eigenvalue weighted by molar-refractivity contribution is -0.168. The highest BCUT2D eigenvalue weighted by atomic mass is 35.5. The normalized spacial score (nSPS) is 15.5. The van der Waals surface area contributed by atoms with Gasteiger partial charge in [0.15, 0.2) is 11.4 Å². The van der Waals surface area contributed by atoms with E-state index in [9.17, 15) is 58.7 Å². The minimum Gasteiger partial charge on any atom is -0.478 e. The van der Waals surface area contributed by atoms with Gasteiger partial charge in [-0.3, -0.25) is 25.4 Å². The van der Waals surface area contributed by atoms with Crippen molar-refractivity contribution in [2.75, 3.05) is 27.3 Å². The van der Waals surface area contributed by atoms with Crippen molar-refractivity contribution < 1.29 is 73.3 Å². The number of ketones is 1. The molecule has 3 saturated carbocycles. The molecule has 2 aromatic rings. The van der Waals surface area contributed by atoms with Crippen molar-refractivity contribution in [1.82, 2.24) is 29.9 Å². The number of rotatable bonds is 10. The van der Waals surface area contributed by atoms with Crippen LogP contribution >= 0.6 is 12.4 Å². The third-order valence-corrected chi connectivity index (χ3v) is 6.84. The first-order chi connectivity index (χ1) is 24.5. The minimum absolute atomic E-state index is 0. The van der Waals surface area contributed by atoms with E-state index in [1.165, 1.54) is 40.8 Å². The van der Waals surface area contributed by atoms with Crippen LogP contribution in [-0.2, 0) is 31.4 Å². The highest BCUT2D eigenvalue weighted by Crippen LogP contribution is 2.42. The van der Waals surface area contributed by atoms with Crippen LogP contribution in [0.5, 0.6) is 0 Å². The van der Waals surface area contributed by atoms with Gasteiger partial charge >= 0.3 is 36.4 Å². The Bertz CT molecular complexity index is 1610. The van der Waals surface area contributed by atoms with Gasteiger partial charge in [-0.1, -0.05) is 0 Å². The molecule has 3 aliphatic carbocycles. The van der Waals surface area contributed by atoms with Gasteiger partial charge in [0.1, 0.15) is 16.7 Å². The molecule has 54 heavy (non-hydrogen) atoms. The molecule has 0 spiro atoms. The lowest BCUT2D eigenvalue weighted by Crippen LogP contribution is -2.30. The number of nitrogens with two attached hydrogens (primary N) is 1. The number of halogens is 10. The molecule has 0 aromatic carbocycles.